The molecular weight excluding hydrogens is 515 g/mol. The van der Waals surface area contributed by atoms with Gasteiger partial charge in [0.2, 0.25) is 5.88 Å². The third kappa shape index (κ3) is 5.78. The lowest BCUT2D eigenvalue weighted by Gasteiger charge is -2.38. The summed E-state index contributed by atoms with van der Waals surface area (Å²) in [4.78, 5) is 20.6. The second kappa shape index (κ2) is 9.15. The molecule has 37 heavy (non-hydrogen) atoms. The Labute approximate surface area is 212 Å². The van der Waals surface area contributed by atoms with Gasteiger partial charge < -0.3 is 24.6 Å². The van der Waals surface area contributed by atoms with E-state index in [0.717, 1.165) is 5.70 Å². The average molecular weight is 544 g/mol. The quantitative estimate of drug-likeness (QED) is 0.566. The number of aryl methyl sites for hydroxylation is 1. The molecule has 10 nitrogen and oxygen atoms in total. The fraction of sp³-hybridized carbons (Fsp3) is 0.478. The average Bonchev–Trinajstić information content (AvgIpc) is 3.07. The minimum atomic E-state index is -4.52. The number of amides is 1. The van der Waals surface area contributed by atoms with Crippen LogP contribution in [0.5, 0.6) is 5.75 Å². The zero-order valence-corrected chi connectivity index (χ0v) is 21.8. The number of nitrogens with zero attached hydrogens (tertiary/aromatic N) is 4. The van der Waals surface area contributed by atoms with Crippen molar-refractivity contribution in [2.75, 3.05) is 45.8 Å². The summed E-state index contributed by atoms with van der Waals surface area (Å²) in [6.45, 7) is 2.24. The molecule has 1 fully saturated rings. The molecule has 0 radical (unpaired) electrons. The van der Waals surface area contributed by atoms with E-state index in [1.54, 1.807) is 67.5 Å². The van der Waals surface area contributed by atoms with Gasteiger partial charge in [0.15, 0.2) is 22.2 Å². The summed E-state index contributed by atoms with van der Waals surface area (Å²) in [6, 6.07) is 3.19. The minimum absolute atomic E-state index is 0.0685. The van der Waals surface area contributed by atoms with Gasteiger partial charge in [-0.25, -0.2) is 13.4 Å². The monoisotopic (exact) mass is 543 g/mol. The van der Waals surface area contributed by atoms with E-state index in [4.69, 9.17) is 9.47 Å². The van der Waals surface area contributed by atoms with Crippen molar-refractivity contribution < 1.29 is 35.9 Å². The van der Waals surface area contributed by atoms with E-state index in [2.05, 4.69) is 10.3 Å². The van der Waals surface area contributed by atoms with Crippen molar-refractivity contribution in [3.05, 3.63) is 53.1 Å². The zero-order chi connectivity index (χ0) is 27.3. The summed E-state index contributed by atoms with van der Waals surface area (Å²) in [7, 11) is 2.09. The number of sulfone groups is 1. The van der Waals surface area contributed by atoms with Gasteiger partial charge in [-0.2, -0.15) is 13.2 Å². The van der Waals surface area contributed by atoms with Crippen LogP contribution in [0.25, 0.3) is 5.65 Å². The highest BCUT2D eigenvalue weighted by Crippen LogP contribution is 2.28. The van der Waals surface area contributed by atoms with Crippen molar-refractivity contribution in [2.45, 2.75) is 25.6 Å². The maximum absolute atomic E-state index is 12.9. The number of hydrogen-bond acceptors (Lipinski definition) is 8. The Morgan fingerprint density at radius 2 is 1.95 bits per heavy atom. The van der Waals surface area contributed by atoms with Gasteiger partial charge in [0.25, 0.3) is 5.91 Å². The van der Waals surface area contributed by atoms with E-state index in [9.17, 15) is 26.4 Å². The van der Waals surface area contributed by atoms with Gasteiger partial charge in [-0.15, -0.1) is 0 Å². The Morgan fingerprint density at radius 1 is 1.27 bits per heavy atom. The number of rotatable bonds is 7. The molecule has 0 spiro atoms. The maximum Gasteiger partial charge on any atom is 0.422 e. The number of carbonyl (C=O) groups excluding carboxylic acids is 1. The summed E-state index contributed by atoms with van der Waals surface area (Å²) in [5.41, 5.74) is 0.936. The number of likely N-dealkylation sites (N-methyl/N-ethyl adjacent to an activating group) is 2. The molecule has 0 atom stereocenters. The number of allylic oxidation sites excluding steroid dienone is 1. The van der Waals surface area contributed by atoms with Gasteiger partial charge in [-0.3, -0.25) is 9.20 Å². The van der Waals surface area contributed by atoms with E-state index in [0.29, 0.717) is 17.9 Å². The predicted octanol–water partition coefficient (Wildman–Crippen LogP) is 2.08. The van der Waals surface area contributed by atoms with Crippen LogP contribution in [0.3, 0.4) is 0 Å². The Bertz CT molecular complexity index is 1400. The van der Waals surface area contributed by atoms with Crippen molar-refractivity contribution in [2.24, 2.45) is 0 Å². The van der Waals surface area contributed by atoms with Gasteiger partial charge in [0.1, 0.15) is 17.1 Å². The number of imidazole rings is 1. The molecule has 4 heterocycles. The van der Waals surface area contributed by atoms with Crippen LogP contribution in [0.2, 0.25) is 0 Å². The first kappa shape index (κ1) is 26.6. The normalized spacial score (nSPS) is 18.8. The summed E-state index contributed by atoms with van der Waals surface area (Å²) in [5, 5.41) is 2.74. The summed E-state index contributed by atoms with van der Waals surface area (Å²) >= 11 is 0. The number of nitrogens with one attached hydrogen (secondary N) is 1. The topological polar surface area (TPSA) is 105 Å². The number of alkyl halides is 3. The largest absolute Gasteiger partial charge is 0.478 e. The zero-order valence-electron chi connectivity index (χ0n) is 21.0. The van der Waals surface area contributed by atoms with Gasteiger partial charge in [0.05, 0.1) is 35.5 Å². The van der Waals surface area contributed by atoms with Crippen LogP contribution in [0.4, 0.5) is 13.2 Å². The first-order valence-corrected chi connectivity index (χ1v) is 13.1. The van der Waals surface area contributed by atoms with Crippen LogP contribution in [0.15, 0.2) is 41.7 Å². The highest BCUT2D eigenvalue weighted by atomic mass is 32.2. The van der Waals surface area contributed by atoms with Gasteiger partial charge in [0, 0.05) is 32.9 Å². The lowest BCUT2D eigenvalue weighted by atomic mass is 10.1. The van der Waals surface area contributed by atoms with Crippen LogP contribution < -0.4 is 10.1 Å². The predicted molar refractivity (Wildman–Crippen MR) is 129 cm³/mol. The van der Waals surface area contributed by atoms with E-state index in [1.165, 1.54) is 6.08 Å². The molecule has 2 aromatic rings. The Kier molecular flexibility index (Phi) is 6.59. The molecule has 0 saturated carbocycles. The van der Waals surface area contributed by atoms with Crippen LogP contribution in [-0.2, 0) is 14.6 Å². The smallest absolute Gasteiger partial charge is 0.422 e. The molecule has 2 aliphatic heterocycles. The molecule has 202 valence electrons. The number of carbonyl (C=O) groups is 1. The summed E-state index contributed by atoms with van der Waals surface area (Å²) in [6.07, 6.45) is -1.45. The number of ether oxygens (including phenoxy) is 2. The highest BCUT2D eigenvalue weighted by molar-refractivity contribution is 7.93. The molecule has 4 rings (SSSR count). The highest BCUT2D eigenvalue weighted by Gasteiger charge is 2.46. The molecule has 1 saturated heterocycles. The van der Waals surface area contributed by atoms with E-state index < -0.39 is 34.1 Å². The van der Waals surface area contributed by atoms with Gasteiger partial charge in [-0.05, 0) is 26.0 Å². The van der Waals surface area contributed by atoms with Crippen LogP contribution in [0, 0.1) is 6.92 Å². The van der Waals surface area contributed by atoms with Crippen molar-refractivity contribution >= 4 is 21.4 Å². The molecule has 2 aliphatic rings. The van der Waals surface area contributed by atoms with Crippen LogP contribution in [0.1, 0.15) is 23.1 Å². The van der Waals surface area contributed by atoms with Crippen molar-refractivity contribution in [3.8, 4) is 5.75 Å². The third-order valence-corrected chi connectivity index (χ3v) is 8.13. The SMILES string of the molecule is Cc1c(C(=O)NC2(C)CS(=O)(=O)C2)nc2ccc(OC3=C(OCC(F)(F)F)C=C(N(C)C)CN3C)cn12. The van der Waals surface area contributed by atoms with Crippen LogP contribution in [-0.4, -0.2) is 91.0 Å². The number of hydrogen-bond donors (Lipinski definition) is 1. The second-order valence-electron chi connectivity index (χ2n) is 9.75. The summed E-state index contributed by atoms with van der Waals surface area (Å²) in [5.74, 6) is -0.457. The fourth-order valence-corrected chi connectivity index (χ4v) is 6.29. The molecule has 1 N–H and O–H groups in total. The molecule has 14 heteroatoms. The summed E-state index contributed by atoms with van der Waals surface area (Å²) < 4.78 is 74.4. The lowest BCUT2D eigenvalue weighted by Crippen LogP contribution is -2.63. The number of aromatic nitrogens is 2. The fourth-order valence-electron chi connectivity index (χ4n) is 4.29. The van der Waals surface area contributed by atoms with Gasteiger partial charge >= 0.3 is 6.18 Å². The van der Waals surface area contributed by atoms with Gasteiger partial charge in [-0.1, -0.05) is 0 Å². The second-order valence-corrected chi connectivity index (χ2v) is 11.8. The first-order valence-electron chi connectivity index (χ1n) is 11.3. The van der Waals surface area contributed by atoms with Crippen LogP contribution >= 0.6 is 0 Å². The van der Waals surface area contributed by atoms with E-state index in [1.807, 2.05) is 0 Å². The molecular formula is C23H28F3N5O5S. The van der Waals surface area contributed by atoms with Crippen molar-refractivity contribution in [1.29, 1.82) is 0 Å². The third-order valence-electron chi connectivity index (χ3n) is 5.97. The molecule has 0 aromatic carbocycles. The molecule has 2 aromatic heterocycles. The van der Waals surface area contributed by atoms with Crippen molar-refractivity contribution in [1.82, 2.24) is 24.5 Å². The lowest BCUT2D eigenvalue weighted by molar-refractivity contribution is -0.164. The number of fused-ring (bicyclic) bond motifs is 1. The standard InChI is InChI=1S/C23H28F3N5O5S/c1-14-19(20(32)28-22(2)12-37(33,34)13-22)27-18-7-6-16(10-31(14)18)36-21-17(35-11-23(24,25)26)8-15(29(3)4)9-30(21)5/h6-8,10H,9,11-13H2,1-5H3,(H,28,32). The Morgan fingerprint density at radius 3 is 2.54 bits per heavy atom. The molecule has 0 aliphatic carbocycles. The number of halogens is 3. The van der Waals surface area contributed by atoms with E-state index >= 15 is 0 Å². The van der Waals surface area contributed by atoms with Crippen molar-refractivity contribution in [3.63, 3.8) is 0 Å². The molecule has 1 amide bonds. The first-order chi connectivity index (χ1) is 17.1. The Balaban J connectivity index is 1.62. The maximum atomic E-state index is 12.9. The van der Waals surface area contributed by atoms with E-state index in [-0.39, 0.29) is 34.6 Å². The number of pyridine rings is 1. The Hall–Kier alpha value is -3.42. The minimum Gasteiger partial charge on any atom is -0.478 e. The molecule has 0 unspecified atom stereocenters. The molecule has 0 bridgehead atoms.